The molecule has 102 valence electrons. The van der Waals surface area contributed by atoms with Crippen LogP contribution in [0.2, 0.25) is 0 Å². The molecule has 0 radical (unpaired) electrons. The first-order valence-corrected chi connectivity index (χ1v) is 6.59. The van der Waals surface area contributed by atoms with Gasteiger partial charge in [0.15, 0.2) is 0 Å². The van der Waals surface area contributed by atoms with E-state index >= 15 is 0 Å². The molecule has 2 N–H and O–H groups in total. The SMILES string of the molecule is CCC(C)C(C)NC(=O)c1ccccc1C#CCO. The first-order valence-electron chi connectivity index (χ1n) is 6.59. The molecular formula is C16H21NO2. The van der Waals surface area contributed by atoms with Crippen LogP contribution in [0.1, 0.15) is 43.1 Å². The van der Waals surface area contributed by atoms with E-state index in [2.05, 4.69) is 31.0 Å². The number of benzene rings is 1. The van der Waals surface area contributed by atoms with Crippen LogP contribution < -0.4 is 5.32 Å². The monoisotopic (exact) mass is 259 g/mol. The van der Waals surface area contributed by atoms with Gasteiger partial charge in [0.25, 0.3) is 5.91 Å². The number of amides is 1. The molecule has 0 aliphatic rings. The summed E-state index contributed by atoms with van der Waals surface area (Å²) < 4.78 is 0. The number of hydrogen-bond donors (Lipinski definition) is 2. The smallest absolute Gasteiger partial charge is 0.252 e. The molecule has 1 aromatic rings. The largest absolute Gasteiger partial charge is 0.384 e. The Kier molecular flexibility index (Phi) is 6.11. The Morgan fingerprint density at radius 2 is 2.05 bits per heavy atom. The van der Waals surface area contributed by atoms with Gasteiger partial charge in [0.2, 0.25) is 0 Å². The normalized spacial score (nSPS) is 13.1. The van der Waals surface area contributed by atoms with Crippen LogP contribution in [0.15, 0.2) is 24.3 Å². The molecule has 0 aliphatic carbocycles. The van der Waals surface area contributed by atoms with Gasteiger partial charge < -0.3 is 10.4 Å². The number of hydrogen-bond acceptors (Lipinski definition) is 2. The number of carbonyl (C=O) groups is 1. The minimum atomic E-state index is -0.209. The Balaban J connectivity index is 2.88. The van der Waals surface area contributed by atoms with Crippen molar-refractivity contribution in [2.24, 2.45) is 5.92 Å². The number of rotatable bonds is 4. The molecule has 1 rings (SSSR count). The number of nitrogens with one attached hydrogen (secondary N) is 1. The summed E-state index contributed by atoms with van der Waals surface area (Å²) in [6.07, 6.45) is 1.02. The molecule has 1 aromatic carbocycles. The van der Waals surface area contributed by atoms with E-state index in [1.54, 1.807) is 12.1 Å². The van der Waals surface area contributed by atoms with Crippen LogP contribution in [0, 0.1) is 17.8 Å². The van der Waals surface area contributed by atoms with Crippen LogP contribution >= 0.6 is 0 Å². The molecular weight excluding hydrogens is 238 g/mol. The molecule has 0 saturated heterocycles. The number of carbonyl (C=O) groups excluding carboxylic acids is 1. The van der Waals surface area contributed by atoms with Gasteiger partial charge in [0, 0.05) is 11.6 Å². The molecule has 19 heavy (non-hydrogen) atoms. The quantitative estimate of drug-likeness (QED) is 0.814. The lowest BCUT2D eigenvalue weighted by atomic mass is 10.00. The second-order valence-corrected chi connectivity index (χ2v) is 4.65. The Morgan fingerprint density at radius 3 is 2.68 bits per heavy atom. The molecule has 3 nitrogen and oxygen atoms in total. The van der Waals surface area contributed by atoms with Gasteiger partial charge in [0.1, 0.15) is 6.61 Å². The van der Waals surface area contributed by atoms with Crippen molar-refractivity contribution >= 4 is 5.91 Å². The van der Waals surface area contributed by atoms with Crippen molar-refractivity contribution in [3.63, 3.8) is 0 Å². The topological polar surface area (TPSA) is 49.3 Å². The summed E-state index contributed by atoms with van der Waals surface area (Å²) in [7, 11) is 0. The molecule has 0 heterocycles. The average molecular weight is 259 g/mol. The maximum absolute atomic E-state index is 12.2. The lowest BCUT2D eigenvalue weighted by molar-refractivity contribution is 0.0928. The molecule has 0 saturated carbocycles. The predicted molar refractivity (Wildman–Crippen MR) is 76.8 cm³/mol. The molecule has 3 heteroatoms. The zero-order chi connectivity index (χ0) is 14.3. The number of aliphatic hydroxyl groups excluding tert-OH is 1. The Bertz CT molecular complexity index is 485. The van der Waals surface area contributed by atoms with Crippen LogP contribution in [0.4, 0.5) is 0 Å². The van der Waals surface area contributed by atoms with E-state index in [9.17, 15) is 4.79 Å². The summed E-state index contributed by atoms with van der Waals surface area (Å²) in [4.78, 5) is 12.2. The average Bonchev–Trinajstić information content (AvgIpc) is 2.44. The van der Waals surface area contributed by atoms with E-state index in [0.29, 0.717) is 17.0 Å². The highest BCUT2D eigenvalue weighted by atomic mass is 16.2. The van der Waals surface area contributed by atoms with E-state index in [-0.39, 0.29) is 18.6 Å². The third-order valence-corrected chi connectivity index (χ3v) is 3.33. The Morgan fingerprint density at radius 1 is 1.37 bits per heavy atom. The van der Waals surface area contributed by atoms with E-state index in [1.807, 2.05) is 19.1 Å². The van der Waals surface area contributed by atoms with E-state index in [0.717, 1.165) is 6.42 Å². The highest BCUT2D eigenvalue weighted by Crippen LogP contribution is 2.11. The van der Waals surface area contributed by atoms with Crippen LogP contribution in [-0.2, 0) is 0 Å². The minimum absolute atomic E-state index is 0.115. The molecule has 0 aromatic heterocycles. The van der Waals surface area contributed by atoms with Crippen molar-refractivity contribution < 1.29 is 9.90 Å². The van der Waals surface area contributed by atoms with Gasteiger partial charge in [-0.2, -0.15) is 0 Å². The van der Waals surface area contributed by atoms with Gasteiger partial charge in [-0.1, -0.05) is 44.2 Å². The highest BCUT2D eigenvalue weighted by Gasteiger charge is 2.15. The zero-order valence-electron chi connectivity index (χ0n) is 11.7. The number of aliphatic hydroxyl groups is 1. The summed E-state index contributed by atoms with van der Waals surface area (Å²) in [5, 5.41) is 11.7. The van der Waals surface area contributed by atoms with Gasteiger partial charge in [-0.05, 0) is 25.0 Å². The van der Waals surface area contributed by atoms with Crippen molar-refractivity contribution in [2.75, 3.05) is 6.61 Å². The van der Waals surface area contributed by atoms with Gasteiger partial charge in [-0.3, -0.25) is 4.79 Å². The molecule has 2 unspecified atom stereocenters. The van der Waals surface area contributed by atoms with Crippen molar-refractivity contribution in [3.05, 3.63) is 35.4 Å². The second kappa shape index (κ2) is 7.60. The van der Waals surface area contributed by atoms with Crippen molar-refractivity contribution in [2.45, 2.75) is 33.2 Å². The fourth-order valence-corrected chi connectivity index (χ4v) is 1.71. The summed E-state index contributed by atoms with van der Waals surface area (Å²) in [6, 6.07) is 7.30. The van der Waals surface area contributed by atoms with Crippen molar-refractivity contribution in [3.8, 4) is 11.8 Å². The van der Waals surface area contributed by atoms with Crippen LogP contribution in [0.25, 0.3) is 0 Å². The third-order valence-electron chi connectivity index (χ3n) is 3.33. The standard InChI is InChI=1S/C16H21NO2/c1-4-12(2)13(3)17-16(19)15-10-6-5-8-14(15)9-7-11-18/h5-6,8,10,12-13,18H,4,11H2,1-3H3,(H,17,19). The molecule has 0 bridgehead atoms. The summed E-state index contributed by atoms with van der Waals surface area (Å²) >= 11 is 0. The van der Waals surface area contributed by atoms with Crippen LogP contribution in [0.5, 0.6) is 0 Å². The summed E-state index contributed by atoms with van der Waals surface area (Å²) in [6.45, 7) is 6.02. The van der Waals surface area contributed by atoms with E-state index in [4.69, 9.17) is 5.11 Å². The Labute approximate surface area is 115 Å². The first-order chi connectivity index (χ1) is 9.10. The fraction of sp³-hybridized carbons (Fsp3) is 0.438. The molecule has 0 spiro atoms. The van der Waals surface area contributed by atoms with Crippen LogP contribution in [0.3, 0.4) is 0 Å². The minimum Gasteiger partial charge on any atom is -0.384 e. The molecule has 2 atom stereocenters. The molecule has 0 fully saturated rings. The molecule has 1 amide bonds. The predicted octanol–water partition coefficient (Wildman–Crippen LogP) is 2.19. The highest BCUT2D eigenvalue weighted by molar-refractivity contribution is 5.96. The molecule has 0 aliphatic heterocycles. The van der Waals surface area contributed by atoms with E-state index < -0.39 is 0 Å². The van der Waals surface area contributed by atoms with Gasteiger partial charge in [-0.15, -0.1) is 0 Å². The summed E-state index contributed by atoms with van der Waals surface area (Å²) in [5.41, 5.74) is 1.20. The maximum atomic E-state index is 12.2. The second-order valence-electron chi connectivity index (χ2n) is 4.65. The summed E-state index contributed by atoms with van der Waals surface area (Å²) in [5.74, 6) is 5.69. The van der Waals surface area contributed by atoms with Crippen LogP contribution in [-0.4, -0.2) is 23.7 Å². The lowest BCUT2D eigenvalue weighted by Crippen LogP contribution is -2.37. The van der Waals surface area contributed by atoms with Gasteiger partial charge >= 0.3 is 0 Å². The van der Waals surface area contributed by atoms with Gasteiger partial charge in [-0.25, -0.2) is 0 Å². The fourth-order valence-electron chi connectivity index (χ4n) is 1.71. The third kappa shape index (κ3) is 4.42. The first kappa shape index (κ1) is 15.3. The van der Waals surface area contributed by atoms with E-state index in [1.165, 1.54) is 0 Å². The Hall–Kier alpha value is -1.79. The zero-order valence-corrected chi connectivity index (χ0v) is 11.7. The lowest BCUT2D eigenvalue weighted by Gasteiger charge is -2.20. The van der Waals surface area contributed by atoms with Crippen molar-refractivity contribution in [1.29, 1.82) is 0 Å². The maximum Gasteiger partial charge on any atom is 0.252 e. The van der Waals surface area contributed by atoms with Gasteiger partial charge in [0.05, 0.1) is 5.56 Å². The van der Waals surface area contributed by atoms with Crippen molar-refractivity contribution in [1.82, 2.24) is 5.32 Å².